The predicted molar refractivity (Wildman–Crippen MR) is 174 cm³/mol. The number of rotatable bonds is 14. The Morgan fingerprint density at radius 2 is 1.24 bits per heavy atom. The van der Waals surface area contributed by atoms with E-state index in [2.05, 4.69) is 62.7 Å². The van der Waals surface area contributed by atoms with Crippen LogP contribution in [0.3, 0.4) is 0 Å². The first-order valence-electron chi connectivity index (χ1n) is 11.4. The zero-order chi connectivity index (χ0) is 31.7. The lowest BCUT2D eigenvalue weighted by molar-refractivity contribution is 0.0585. The Morgan fingerprint density at radius 3 is 1.62 bits per heavy atom. The van der Waals surface area contributed by atoms with Crippen LogP contribution in [0, 0.1) is 7.14 Å². The van der Waals surface area contributed by atoms with E-state index < -0.39 is 21.6 Å². The second-order valence-corrected chi connectivity index (χ2v) is 12.6. The Morgan fingerprint density at radius 1 is 0.833 bits per heavy atom. The molecule has 0 aliphatic carbocycles. The average Bonchev–Trinajstić information content (AvgIpc) is 3.53. The smallest absolute Gasteiger partial charge is 0.354 e. The second-order valence-electron chi connectivity index (χ2n) is 7.84. The lowest BCUT2D eigenvalue weighted by atomic mass is 10.2. The first-order valence-corrected chi connectivity index (χ1v) is 14.7. The maximum atomic E-state index is 12.2. The lowest BCUT2D eigenvalue weighted by Crippen LogP contribution is -2.25. The number of hydrogen-bond acceptors (Lipinski definition) is 7. The molecule has 0 amide bonds. The average molecular weight is 866 g/mol. The van der Waals surface area contributed by atoms with Crippen LogP contribution in [0.2, 0.25) is 0 Å². The van der Waals surface area contributed by atoms with Crippen molar-refractivity contribution in [1.29, 1.82) is 0 Å². The highest BCUT2D eigenvalue weighted by atomic mass is 127. The number of esters is 1. The van der Waals surface area contributed by atoms with Crippen molar-refractivity contribution in [3.63, 3.8) is 0 Å². The fourth-order valence-corrected chi connectivity index (χ4v) is 4.97. The van der Waals surface area contributed by atoms with Crippen LogP contribution < -0.4 is 0 Å². The summed E-state index contributed by atoms with van der Waals surface area (Å²) in [5.41, 5.74) is 34.1. The van der Waals surface area contributed by atoms with E-state index in [1.165, 1.54) is 7.11 Å². The number of methoxy groups -OCH3 is 1. The molecule has 0 radical (unpaired) electrons. The quantitative estimate of drug-likeness (QED) is 0.0344. The number of alkyl halides is 3. The molecule has 17 nitrogen and oxygen atoms in total. The molecule has 0 bridgehead atoms. The Kier molecular flexibility index (Phi) is 17.3. The van der Waals surface area contributed by atoms with E-state index >= 15 is 0 Å². The zero-order valence-corrected chi connectivity index (χ0v) is 28.2. The number of hydrogen-bond donors (Lipinski definition) is 0. The Labute approximate surface area is 280 Å². The van der Waals surface area contributed by atoms with Crippen LogP contribution in [0.4, 0.5) is 0 Å². The normalized spacial score (nSPS) is 11.7. The predicted octanol–water partition coefficient (Wildman–Crippen LogP) is 8.63. The van der Waals surface area contributed by atoms with Crippen LogP contribution in [0.1, 0.15) is 45.9 Å². The molecule has 0 fully saturated rings. The van der Waals surface area contributed by atoms with Gasteiger partial charge in [-0.3, -0.25) is 4.79 Å². The van der Waals surface area contributed by atoms with Gasteiger partial charge in [-0.15, -0.1) is 0 Å². The Hall–Kier alpha value is -2.73. The molecule has 2 aromatic heterocycles. The summed E-state index contributed by atoms with van der Waals surface area (Å²) in [6.45, 7) is 0.657. The fourth-order valence-electron chi connectivity index (χ4n) is 3.49. The van der Waals surface area contributed by atoms with Crippen molar-refractivity contribution in [2.75, 3.05) is 33.3 Å². The van der Waals surface area contributed by atoms with Gasteiger partial charge in [0.05, 0.1) is 12.8 Å². The van der Waals surface area contributed by atoms with Crippen molar-refractivity contribution in [1.82, 2.24) is 9.13 Å². The van der Waals surface area contributed by atoms with Gasteiger partial charge in [0.25, 0.3) is 3.79 Å². The molecular formula is C20H21Cl3I2N14O3. The van der Waals surface area contributed by atoms with Crippen LogP contribution in [-0.4, -0.2) is 58.0 Å². The number of aromatic nitrogens is 2. The van der Waals surface area contributed by atoms with Crippen molar-refractivity contribution in [2.24, 2.45) is 20.5 Å². The minimum Gasteiger partial charge on any atom is -0.464 e. The number of nitrogens with zero attached hydrogens (tertiary/aromatic N) is 14. The van der Waals surface area contributed by atoms with Gasteiger partial charge in [-0.25, -0.2) is 4.79 Å². The molecule has 0 saturated heterocycles. The molecule has 2 atom stereocenters. The van der Waals surface area contributed by atoms with Gasteiger partial charge in [0, 0.05) is 77.4 Å². The molecule has 42 heavy (non-hydrogen) atoms. The largest absolute Gasteiger partial charge is 0.464 e. The summed E-state index contributed by atoms with van der Waals surface area (Å²) in [5, 5.41) is 13.9. The van der Waals surface area contributed by atoms with E-state index in [0.29, 0.717) is 18.5 Å². The van der Waals surface area contributed by atoms with Crippen LogP contribution in [-0.2, 0) is 4.74 Å². The van der Waals surface area contributed by atoms with Gasteiger partial charge in [0.2, 0.25) is 5.78 Å². The molecule has 2 aromatic rings. The van der Waals surface area contributed by atoms with Crippen molar-refractivity contribution in [3.05, 3.63) is 84.8 Å². The minimum atomic E-state index is -2.09. The topological polar surface area (TPSA) is 248 Å². The van der Waals surface area contributed by atoms with Crippen LogP contribution in [0.5, 0.6) is 0 Å². The fraction of sp³-hybridized carbons (Fsp3) is 0.500. The van der Waals surface area contributed by atoms with Crippen LogP contribution in [0.25, 0.3) is 41.8 Å². The highest BCUT2D eigenvalue weighted by molar-refractivity contribution is 14.1. The Bertz CT molecular complexity index is 1430. The lowest BCUT2D eigenvalue weighted by Gasteiger charge is -2.20. The number of halogens is 5. The first-order chi connectivity index (χ1) is 19.9. The monoisotopic (exact) mass is 864 g/mol. The third kappa shape index (κ3) is 12.2. The van der Waals surface area contributed by atoms with E-state index in [4.69, 9.17) is 61.7 Å². The van der Waals surface area contributed by atoms with E-state index in [9.17, 15) is 9.59 Å². The SMILES string of the molecule is COC(=O)c1cc(I)cn1[C@@H](CCN=[N+]=[N-])CN=[N+]=[N-].[N-]=[N+]=NCC[C@@H](CN=[N+]=[N-])n1cc(I)cc1C(=O)C(Cl)(Cl)Cl. The molecular weight excluding hydrogens is 844 g/mol. The number of carbonyl (C=O) groups excluding carboxylic acids is 2. The van der Waals surface area contributed by atoms with Crippen molar-refractivity contribution in [2.45, 2.75) is 28.7 Å². The van der Waals surface area contributed by atoms with Gasteiger partial charge < -0.3 is 13.9 Å². The van der Waals surface area contributed by atoms with E-state index in [1.54, 1.807) is 33.7 Å². The van der Waals surface area contributed by atoms with Crippen molar-refractivity contribution >= 4 is 91.7 Å². The van der Waals surface area contributed by atoms with E-state index in [-0.39, 0.29) is 37.9 Å². The van der Waals surface area contributed by atoms with Gasteiger partial charge in [-0.1, -0.05) is 55.3 Å². The van der Waals surface area contributed by atoms with Crippen LogP contribution in [0.15, 0.2) is 45.0 Å². The van der Waals surface area contributed by atoms with Gasteiger partial charge in [-0.05, 0) is 92.3 Å². The molecule has 2 heterocycles. The summed E-state index contributed by atoms with van der Waals surface area (Å²) in [7, 11) is 1.30. The molecule has 0 unspecified atom stereocenters. The highest BCUT2D eigenvalue weighted by Gasteiger charge is 2.35. The first kappa shape index (κ1) is 37.3. The summed E-state index contributed by atoms with van der Waals surface area (Å²) in [4.78, 5) is 34.7. The number of ketones is 1. The third-order valence-corrected chi connectivity index (χ3v) is 6.96. The summed E-state index contributed by atoms with van der Waals surface area (Å²) >= 11 is 21.1. The molecule has 0 aromatic carbocycles. The maximum absolute atomic E-state index is 12.2. The number of azide groups is 4. The zero-order valence-electron chi connectivity index (χ0n) is 21.6. The van der Waals surface area contributed by atoms with E-state index in [1.807, 2.05) is 22.6 Å². The number of carbonyl (C=O) groups is 2. The van der Waals surface area contributed by atoms with Crippen LogP contribution >= 0.6 is 80.0 Å². The highest BCUT2D eigenvalue weighted by Crippen LogP contribution is 2.33. The van der Waals surface area contributed by atoms with Gasteiger partial charge in [-0.2, -0.15) is 0 Å². The Balaban J connectivity index is 0.000000422. The van der Waals surface area contributed by atoms with Gasteiger partial charge >= 0.3 is 5.97 Å². The minimum absolute atomic E-state index is 0.0718. The molecule has 224 valence electrons. The summed E-state index contributed by atoms with van der Waals surface area (Å²) in [5.74, 6) is -1.15. The molecule has 0 saturated carbocycles. The summed E-state index contributed by atoms with van der Waals surface area (Å²) in [6.07, 6.45) is 4.27. The number of ether oxygens (including phenoxy) is 1. The number of Topliss-reactive ketones (excluding diaryl/α,β-unsaturated/α-hetero) is 1. The van der Waals surface area contributed by atoms with Gasteiger partial charge in [0.1, 0.15) is 5.69 Å². The molecule has 0 aliphatic heterocycles. The van der Waals surface area contributed by atoms with Crippen molar-refractivity contribution in [3.8, 4) is 0 Å². The van der Waals surface area contributed by atoms with E-state index in [0.717, 1.165) is 7.14 Å². The summed E-state index contributed by atoms with van der Waals surface area (Å²) in [6, 6.07) is 2.59. The molecule has 2 rings (SSSR count). The molecule has 0 spiro atoms. The molecule has 22 heteroatoms. The van der Waals surface area contributed by atoms with Crippen molar-refractivity contribution < 1.29 is 14.3 Å². The maximum Gasteiger partial charge on any atom is 0.354 e. The summed E-state index contributed by atoms with van der Waals surface area (Å²) < 4.78 is 7.51. The van der Waals surface area contributed by atoms with Gasteiger partial charge in [0.15, 0.2) is 0 Å². The standard InChI is InChI=1S/C10H9Cl3IN7O.C10H12IN7O2/c11-10(12,13)9(22)8-3-6(14)5-21(8)7(4-18-20-16)1-2-17-19-15;1-20-10(19)9-4-7(11)6-18(9)8(5-15-17-13)2-3-14-16-12/h3,5,7H,1-2,4H2;4,6,8H,2-3,5H2,1H3/t7-;8-/m00/s1. The third-order valence-electron chi connectivity index (χ3n) is 5.26. The molecule has 0 N–H and O–H groups in total. The molecule has 0 aliphatic rings. The second kappa shape index (κ2) is 19.5.